The van der Waals surface area contributed by atoms with E-state index in [1.54, 1.807) is 65.8 Å². The van der Waals surface area contributed by atoms with Crippen LogP contribution < -0.4 is 0 Å². The van der Waals surface area contributed by atoms with Gasteiger partial charge in [-0.05, 0) is 53.5 Å². The summed E-state index contributed by atoms with van der Waals surface area (Å²) in [5, 5.41) is 9.31. The van der Waals surface area contributed by atoms with Gasteiger partial charge in [0.1, 0.15) is 11.2 Å². The highest BCUT2D eigenvalue weighted by Gasteiger charge is 2.37. The van der Waals surface area contributed by atoms with Crippen molar-refractivity contribution in [1.29, 1.82) is 0 Å². The van der Waals surface area contributed by atoms with Crippen LogP contribution in [0.2, 0.25) is 0 Å². The number of carbonyl (C=O) groups is 3. The Bertz CT molecular complexity index is 629. The highest BCUT2D eigenvalue weighted by atomic mass is 16.6. The third-order valence-electron chi connectivity index (χ3n) is 3.27. The van der Waals surface area contributed by atoms with Gasteiger partial charge in [0.05, 0.1) is 12.5 Å². The van der Waals surface area contributed by atoms with E-state index in [1.165, 1.54) is 0 Å². The number of benzene rings is 1. The Labute approximate surface area is 160 Å². The summed E-state index contributed by atoms with van der Waals surface area (Å²) in [7, 11) is 0. The van der Waals surface area contributed by atoms with Crippen LogP contribution in [0.25, 0.3) is 0 Å². The van der Waals surface area contributed by atoms with Crippen molar-refractivity contribution in [2.75, 3.05) is 0 Å². The van der Waals surface area contributed by atoms with Gasteiger partial charge in [0.25, 0.3) is 0 Å². The molecule has 1 rings (SSSR count). The van der Waals surface area contributed by atoms with Gasteiger partial charge in [0.15, 0.2) is 0 Å². The number of carbonyl (C=O) groups excluding carboxylic acids is 2. The molecule has 0 bridgehead atoms. The average Bonchev–Trinajstić information content (AvgIpc) is 2.43. The minimum absolute atomic E-state index is 0.172. The van der Waals surface area contributed by atoms with Crippen molar-refractivity contribution in [3.8, 4) is 0 Å². The van der Waals surface area contributed by atoms with Crippen LogP contribution in [-0.4, -0.2) is 45.4 Å². The highest BCUT2D eigenvalue weighted by molar-refractivity contribution is 5.89. The Hall–Kier alpha value is -2.57. The summed E-state index contributed by atoms with van der Waals surface area (Å²) in [6.07, 6.45) is -2.11. The molecule has 0 unspecified atom stereocenters. The molecule has 0 fully saturated rings. The number of hydrogen-bond donors (Lipinski definition) is 1. The van der Waals surface area contributed by atoms with Crippen LogP contribution in [0.4, 0.5) is 9.59 Å². The normalized spacial score (nSPS) is 12.8. The smallest absolute Gasteiger partial charge is 0.420 e. The predicted octanol–water partition coefficient (Wildman–Crippen LogP) is 4.24. The SMILES string of the molecule is CC(C)(C)OC(=O)N(C(=O)OC(C)(C)C)[C@H](CC(=O)O)Cc1ccccc1. The molecule has 0 saturated carbocycles. The van der Waals surface area contributed by atoms with E-state index in [2.05, 4.69) is 0 Å². The van der Waals surface area contributed by atoms with Gasteiger partial charge < -0.3 is 14.6 Å². The number of carboxylic acid groups (broad SMARTS) is 1. The molecule has 0 aromatic heterocycles. The number of rotatable bonds is 5. The summed E-state index contributed by atoms with van der Waals surface area (Å²) >= 11 is 0. The van der Waals surface area contributed by atoms with E-state index in [-0.39, 0.29) is 6.42 Å². The Balaban J connectivity index is 3.24. The molecule has 7 nitrogen and oxygen atoms in total. The highest BCUT2D eigenvalue weighted by Crippen LogP contribution is 2.20. The molecule has 0 heterocycles. The first kappa shape index (κ1) is 22.5. The van der Waals surface area contributed by atoms with E-state index in [9.17, 15) is 19.5 Å². The van der Waals surface area contributed by atoms with Crippen LogP contribution in [0.15, 0.2) is 30.3 Å². The lowest BCUT2D eigenvalue weighted by atomic mass is 10.0. The first-order valence-electron chi connectivity index (χ1n) is 8.79. The third kappa shape index (κ3) is 8.57. The van der Waals surface area contributed by atoms with Crippen molar-refractivity contribution >= 4 is 18.2 Å². The van der Waals surface area contributed by atoms with Gasteiger partial charge in [-0.3, -0.25) is 4.79 Å². The van der Waals surface area contributed by atoms with E-state index in [1.807, 2.05) is 6.07 Å². The van der Waals surface area contributed by atoms with E-state index >= 15 is 0 Å². The Morgan fingerprint density at radius 1 is 0.926 bits per heavy atom. The molecule has 0 aliphatic rings. The van der Waals surface area contributed by atoms with Gasteiger partial charge in [-0.25, -0.2) is 14.5 Å². The summed E-state index contributed by atoms with van der Waals surface area (Å²) in [6, 6.07) is 8.09. The maximum atomic E-state index is 12.7. The van der Waals surface area contributed by atoms with Crippen molar-refractivity contribution in [2.24, 2.45) is 0 Å². The fraction of sp³-hybridized carbons (Fsp3) is 0.550. The molecular formula is C20H29NO6. The van der Waals surface area contributed by atoms with E-state index in [4.69, 9.17) is 9.47 Å². The second-order valence-electron chi connectivity index (χ2n) is 8.27. The topological polar surface area (TPSA) is 93.1 Å². The maximum Gasteiger partial charge on any atom is 0.420 e. The van der Waals surface area contributed by atoms with Crippen molar-refractivity contribution in [2.45, 2.75) is 71.6 Å². The standard InChI is InChI=1S/C20H29NO6/c1-19(2,3)26-17(24)21(18(25)27-20(4,5)6)15(13-16(22)23)12-14-10-8-7-9-11-14/h7-11,15H,12-13H2,1-6H3,(H,22,23)/t15-/m0/s1. The van der Waals surface area contributed by atoms with Gasteiger partial charge >= 0.3 is 18.2 Å². The fourth-order valence-corrected chi connectivity index (χ4v) is 2.34. The molecule has 7 heteroatoms. The lowest BCUT2D eigenvalue weighted by molar-refractivity contribution is -0.138. The molecule has 2 amide bonds. The number of imide groups is 1. The monoisotopic (exact) mass is 379 g/mol. The van der Waals surface area contributed by atoms with Crippen LogP contribution in [0, 0.1) is 0 Å². The van der Waals surface area contributed by atoms with E-state index in [0.717, 1.165) is 10.5 Å². The molecule has 0 radical (unpaired) electrons. The second kappa shape index (κ2) is 8.88. The van der Waals surface area contributed by atoms with E-state index in [0.29, 0.717) is 0 Å². The molecule has 1 aromatic carbocycles. The lowest BCUT2D eigenvalue weighted by Crippen LogP contribution is -2.50. The predicted molar refractivity (Wildman–Crippen MR) is 100 cm³/mol. The minimum Gasteiger partial charge on any atom is -0.481 e. The maximum absolute atomic E-state index is 12.7. The van der Waals surface area contributed by atoms with Gasteiger partial charge in [-0.15, -0.1) is 0 Å². The molecule has 0 saturated heterocycles. The van der Waals surface area contributed by atoms with Gasteiger partial charge in [0.2, 0.25) is 0 Å². The molecule has 1 N–H and O–H groups in total. The van der Waals surface area contributed by atoms with Crippen molar-refractivity contribution in [3.63, 3.8) is 0 Å². The molecule has 0 spiro atoms. The molecule has 1 atom stereocenters. The van der Waals surface area contributed by atoms with Gasteiger partial charge in [0, 0.05) is 0 Å². The zero-order valence-electron chi connectivity index (χ0n) is 16.8. The first-order valence-corrected chi connectivity index (χ1v) is 8.79. The van der Waals surface area contributed by atoms with Crippen molar-refractivity contribution < 1.29 is 29.0 Å². The van der Waals surface area contributed by atoms with Crippen LogP contribution in [0.1, 0.15) is 53.5 Å². The Kier molecular flexibility index (Phi) is 7.39. The number of aliphatic carboxylic acids is 1. The number of nitrogens with zero attached hydrogens (tertiary/aromatic N) is 1. The summed E-state index contributed by atoms with van der Waals surface area (Å²) in [5.74, 6) is -1.13. The molecule has 27 heavy (non-hydrogen) atoms. The molecule has 150 valence electrons. The zero-order valence-corrected chi connectivity index (χ0v) is 16.8. The number of carboxylic acids is 1. The first-order chi connectivity index (χ1) is 12.3. The van der Waals surface area contributed by atoms with Crippen LogP contribution >= 0.6 is 0 Å². The Morgan fingerprint density at radius 3 is 1.74 bits per heavy atom. The van der Waals surface area contributed by atoms with Crippen molar-refractivity contribution in [1.82, 2.24) is 4.90 Å². The molecule has 0 aliphatic carbocycles. The van der Waals surface area contributed by atoms with Crippen LogP contribution in [0.5, 0.6) is 0 Å². The average molecular weight is 379 g/mol. The summed E-state index contributed by atoms with van der Waals surface area (Å²) < 4.78 is 10.7. The minimum atomic E-state index is -1.13. The summed E-state index contributed by atoms with van der Waals surface area (Å²) in [6.45, 7) is 10.0. The molecular weight excluding hydrogens is 350 g/mol. The molecule has 0 aliphatic heterocycles. The molecule has 1 aromatic rings. The van der Waals surface area contributed by atoms with Crippen LogP contribution in [0.3, 0.4) is 0 Å². The largest absolute Gasteiger partial charge is 0.481 e. The Morgan fingerprint density at radius 2 is 1.37 bits per heavy atom. The zero-order chi connectivity index (χ0) is 20.8. The fourth-order valence-electron chi connectivity index (χ4n) is 2.34. The van der Waals surface area contributed by atoms with Gasteiger partial charge in [-0.2, -0.15) is 0 Å². The lowest BCUT2D eigenvalue weighted by Gasteiger charge is -2.33. The quantitative estimate of drug-likeness (QED) is 0.822. The summed E-state index contributed by atoms with van der Waals surface area (Å²) in [4.78, 5) is 37.6. The number of amides is 2. The van der Waals surface area contributed by atoms with Crippen molar-refractivity contribution in [3.05, 3.63) is 35.9 Å². The second-order valence-corrected chi connectivity index (χ2v) is 8.27. The number of ether oxygens (including phenoxy) is 2. The third-order valence-corrected chi connectivity index (χ3v) is 3.27. The van der Waals surface area contributed by atoms with E-state index < -0.39 is 41.8 Å². The van der Waals surface area contributed by atoms with Gasteiger partial charge in [-0.1, -0.05) is 30.3 Å². The summed E-state index contributed by atoms with van der Waals surface area (Å²) in [5.41, 5.74) is -0.906. The number of hydrogen-bond acceptors (Lipinski definition) is 5. The van der Waals surface area contributed by atoms with Crippen LogP contribution in [-0.2, 0) is 20.7 Å².